The Bertz CT molecular complexity index is 1530. The van der Waals surface area contributed by atoms with Gasteiger partial charge in [0.15, 0.2) is 0 Å². The molecule has 1 aromatic carbocycles. The molecule has 0 saturated carbocycles. The number of nitrogens with zero attached hydrogens (tertiary/aromatic N) is 5. The third kappa shape index (κ3) is 5.56. The molecule has 0 bridgehead atoms. The molecule has 2 unspecified atom stereocenters. The van der Waals surface area contributed by atoms with Crippen LogP contribution in [0.15, 0.2) is 42.6 Å². The predicted molar refractivity (Wildman–Crippen MR) is 152 cm³/mol. The third-order valence-electron chi connectivity index (χ3n) is 7.83. The van der Waals surface area contributed by atoms with Crippen LogP contribution in [-0.2, 0) is 28.9 Å². The van der Waals surface area contributed by atoms with E-state index in [2.05, 4.69) is 21.4 Å². The second kappa shape index (κ2) is 11.3. The highest BCUT2D eigenvalue weighted by atomic mass is 19.4. The predicted octanol–water partition coefficient (Wildman–Crippen LogP) is 4.04. The lowest BCUT2D eigenvalue weighted by Gasteiger charge is -2.32. The molecule has 9 nitrogen and oxygen atoms in total. The smallest absolute Gasteiger partial charge is 0.394 e. The van der Waals surface area contributed by atoms with Gasteiger partial charge < -0.3 is 20.2 Å². The molecule has 2 aliphatic heterocycles. The van der Waals surface area contributed by atoms with Gasteiger partial charge in [-0.3, -0.25) is 19.5 Å². The molecule has 1 saturated heterocycles. The average molecular weight is 583 g/mol. The summed E-state index contributed by atoms with van der Waals surface area (Å²) in [4.78, 5) is 40.1. The first-order chi connectivity index (χ1) is 19.9. The minimum atomic E-state index is -4.62. The van der Waals surface area contributed by atoms with Crippen molar-refractivity contribution >= 4 is 29.0 Å². The highest BCUT2D eigenvalue weighted by molar-refractivity contribution is 6.09. The number of carbonyl (C=O) groups is 2. The summed E-state index contributed by atoms with van der Waals surface area (Å²) in [5, 5.41) is 12.8. The summed E-state index contributed by atoms with van der Waals surface area (Å²) in [6, 6.07) is 8.20. The number of amides is 2. The number of pyridine rings is 2. The molecule has 2 aliphatic rings. The lowest BCUT2D eigenvalue weighted by atomic mass is 10.1. The van der Waals surface area contributed by atoms with Gasteiger partial charge >= 0.3 is 6.18 Å². The van der Waals surface area contributed by atoms with Gasteiger partial charge in [0.2, 0.25) is 11.8 Å². The highest BCUT2D eigenvalue weighted by Crippen LogP contribution is 2.37. The summed E-state index contributed by atoms with van der Waals surface area (Å²) in [6.45, 7) is 4.44. The number of fused-ring (bicyclic) bond motifs is 1. The van der Waals surface area contributed by atoms with E-state index in [9.17, 15) is 27.9 Å². The summed E-state index contributed by atoms with van der Waals surface area (Å²) >= 11 is 0. The van der Waals surface area contributed by atoms with Gasteiger partial charge in [-0.05, 0) is 61.2 Å². The van der Waals surface area contributed by atoms with Crippen LogP contribution < -0.4 is 20.0 Å². The molecule has 5 rings (SSSR count). The first kappa shape index (κ1) is 29.5. The van der Waals surface area contributed by atoms with Gasteiger partial charge in [0, 0.05) is 45.5 Å². The Morgan fingerprint density at radius 2 is 1.95 bits per heavy atom. The quantitative estimate of drug-likeness (QED) is 0.434. The van der Waals surface area contributed by atoms with E-state index < -0.39 is 29.6 Å². The number of likely N-dealkylation sites (N-methyl/N-ethyl adjacent to an activating group) is 1. The van der Waals surface area contributed by atoms with E-state index in [4.69, 9.17) is 0 Å². The second-order valence-electron chi connectivity index (χ2n) is 10.9. The number of hydrogen-bond acceptors (Lipinski definition) is 7. The fourth-order valence-corrected chi connectivity index (χ4v) is 5.84. The van der Waals surface area contributed by atoms with Crippen LogP contribution in [0.25, 0.3) is 0 Å². The Morgan fingerprint density at radius 1 is 1.19 bits per heavy atom. The summed E-state index contributed by atoms with van der Waals surface area (Å²) in [7, 11) is 3.52. The molecule has 222 valence electrons. The van der Waals surface area contributed by atoms with E-state index in [0.29, 0.717) is 18.8 Å². The van der Waals surface area contributed by atoms with Crippen LogP contribution in [0.1, 0.15) is 52.5 Å². The molecular weight excluding hydrogens is 549 g/mol. The van der Waals surface area contributed by atoms with Gasteiger partial charge in [0.1, 0.15) is 11.9 Å². The number of aromatic nitrogens is 2. The summed E-state index contributed by atoms with van der Waals surface area (Å²) in [6.07, 6.45) is -2.64. The van der Waals surface area contributed by atoms with Gasteiger partial charge in [-0.15, -0.1) is 0 Å². The van der Waals surface area contributed by atoms with Crippen LogP contribution in [-0.4, -0.2) is 53.6 Å². The molecule has 0 aliphatic carbocycles. The number of carbonyl (C=O) groups excluding carboxylic acids is 2. The lowest BCUT2D eigenvalue weighted by Crippen LogP contribution is -2.46. The molecule has 2 N–H and O–H groups in total. The Hall–Kier alpha value is -4.03. The van der Waals surface area contributed by atoms with Crippen molar-refractivity contribution in [1.82, 2.24) is 15.3 Å². The van der Waals surface area contributed by atoms with E-state index in [0.717, 1.165) is 45.1 Å². The molecule has 4 heterocycles. The third-order valence-corrected chi connectivity index (χ3v) is 7.83. The first-order valence-electron chi connectivity index (χ1n) is 13.7. The van der Waals surface area contributed by atoms with Crippen LogP contribution in [0.2, 0.25) is 0 Å². The second-order valence-corrected chi connectivity index (χ2v) is 10.9. The number of alkyl halides is 3. The number of aliphatic hydroxyl groups is 1. The molecule has 0 radical (unpaired) electrons. The van der Waals surface area contributed by atoms with Crippen LogP contribution in [0.3, 0.4) is 0 Å². The van der Waals surface area contributed by atoms with Crippen molar-refractivity contribution < 1.29 is 27.9 Å². The fourth-order valence-electron chi connectivity index (χ4n) is 5.84. The normalized spacial score (nSPS) is 18.4. The number of halogens is 3. The van der Waals surface area contributed by atoms with E-state index in [1.807, 2.05) is 31.0 Å². The van der Waals surface area contributed by atoms with Gasteiger partial charge in [0.05, 0.1) is 35.3 Å². The number of anilines is 3. The van der Waals surface area contributed by atoms with Crippen molar-refractivity contribution in [2.45, 2.75) is 58.0 Å². The van der Waals surface area contributed by atoms with E-state index in [1.165, 1.54) is 11.8 Å². The van der Waals surface area contributed by atoms with Gasteiger partial charge in [0.25, 0.3) is 0 Å². The zero-order valence-electron chi connectivity index (χ0n) is 23.9. The van der Waals surface area contributed by atoms with Crippen LogP contribution in [0.5, 0.6) is 0 Å². The summed E-state index contributed by atoms with van der Waals surface area (Å²) in [5.41, 5.74) is 4.32. The van der Waals surface area contributed by atoms with Crippen molar-refractivity contribution in [1.29, 1.82) is 0 Å². The van der Waals surface area contributed by atoms with Gasteiger partial charge in [-0.25, -0.2) is 4.98 Å². The lowest BCUT2D eigenvalue weighted by molar-refractivity contribution is -0.137. The number of aryl methyl sites for hydroxylation is 2. The Morgan fingerprint density at radius 3 is 2.67 bits per heavy atom. The number of benzene rings is 1. The largest absolute Gasteiger partial charge is 0.416 e. The number of hydrogen-bond donors (Lipinski definition) is 2. The molecule has 0 spiro atoms. The van der Waals surface area contributed by atoms with Crippen LogP contribution in [0.4, 0.5) is 30.4 Å². The van der Waals surface area contributed by atoms with Gasteiger partial charge in [-0.1, -0.05) is 12.1 Å². The SMILES string of the molecule is Cc1cc(C(F)(F)F)cc(N2C(=O)CCC2C(=O)N(C)c2cccc(C)c2N(C)Cc2cnc3c(c2)CNC3CO)n1. The van der Waals surface area contributed by atoms with Crippen LogP contribution in [0, 0.1) is 13.8 Å². The molecule has 42 heavy (non-hydrogen) atoms. The summed E-state index contributed by atoms with van der Waals surface area (Å²) < 4.78 is 40.6. The van der Waals surface area contributed by atoms with E-state index >= 15 is 0 Å². The zero-order valence-corrected chi connectivity index (χ0v) is 23.9. The van der Waals surface area contributed by atoms with E-state index in [1.54, 1.807) is 19.3 Å². The Balaban J connectivity index is 1.42. The minimum Gasteiger partial charge on any atom is -0.394 e. The van der Waals surface area contributed by atoms with E-state index in [-0.39, 0.29) is 37.0 Å². The number of rotatable bonds is 7. The van der Waals surface area contributed by atoms with Crippen molar-refractivity contribution in [3.05, 3.63) is 76.2 Å². The fraction of sp³-hybridized carbons (Fsp3) is 0.400. The van der Waals surface area contributed by atoms with Crippen LogP contribution >= 0.6 is 0 Å². The molecular formula is C30H33F3N6O3. The number of aliphatic hydroxyl groups excluding tert-OH is 1. The molecule has 2 atom stereocenters. The maximum Gasteiger partial charge on any atom is 0.416 e. The van der Waals surface area contributed by atoms with Crippen molar-refractivity contribution in [2.75, 3.05) is 35.4 Å². The maximum absolute atomic E-state index is 13.9. The standard InChI is InChI=1S/C30H33F3N6O3/c1-17-6-5-7-23(28(17)37(3)15-19-11-20-14-34-22(16-40)27(20)35-13-19)38(4)29(42)24-8-9-26(41)39(24)25-12-21(30(31,32)33)10-18(2)36-25/h5-7,10-13,22,24,34,40H,8-9,14-16H2,1-4H3. The minimum absolute atomic E-state index is 0.0269. The molecule has 2 amide bonds. The van der Waals surface area contributed by atoms with Gasteiger partial charge in [-0.2, -0.15) is 13.2 Å². The topological polar surface area (TPSA) is 102 Å². The molecule has 1 fully saturated rings. The Labute approximate surface area is 242 Å². The summed E-state index contributed by atoms with van der Waals surface area (Å²) in [5.74, 6) is -1.05. The van der Waals surface area contributed by atoms with Crippen molar-refractivity contribution in [3.8, 4) is 0 Å². The van der Waals surface area contributed by atoms with Crippen molar-refractivity contribution in [3.63, 3.8) is 0 Å². The molecule has 3 aromatic rings. The average Bonchev–Trinajstić information content (AvgIpc) is 3.53. The van der Waals surface area contributed by atoms with Crippen molar-refractivity contribution in [2.24, 2.45) is 0 Å². The first-order valence-corrected chi connectivity index (χ1v) is 13.7. The molecule has 12 heteroatoms. The monoisotopic (exact) mass is 582 g/mol. The maximum atomic E-state index is 13.9. The Kier molecular flexibility index (Phi) is 7.95. The molecule has 2 aromatic heterocycles. The number of nitrogens with one attached hydrogen (secondary N) is 1. The highest BCUT2D eigenvalue weighted by Gasteiger charge is 2.41. The number of para-hydroxylation sites is 1. The zero-order chi connectivity index (χ0) is 30.3.